The van der Waals surface area contributed by atoms with Gasteiger partial charge in [-0.2, -0.15) is 41.3 Å². The van der Waals surface area contributed by atoms with Crippen LogP contribution in [0.5, 0.6) is 0 Å². The highest BCUT2D eigenvalue weighted by molar-refractivity contribution is 7.54. The Morgan fingerprint density at radius 3 is 1.89 bits per heavy atom. The van der Waals surface area contributed by atoms with E-state index in [2.05, 4.69) is 19.7 Å². The molecule has 1 rings (SSSR count). The molecule has 0 saturated heterocycles. The Hall–Kier alpha value is -2.06. The number of hydrogen-bond acceptors (Lipinski definition) is 8. The normalized spacial score (nSPS) is 18.2. The quantitative estimate of drug-likeness (QED) is 0.197. The lowest BCUT2D eigenvalue weighted by Gasteiger charge is -2.38. The molecule has 0 amide bonds. The van der Waals surface area contributed by atoms with Crippen molar-refractivity contribution in [3.8, 4) is 0 Å². The number of halogens is 6. The van der Waals surface area contributed by atoms with Crippen LogP contribution < -0.4 is 5.73 Å². The minimum Gasteiger partial charge on any atom is -0.451 e. The number of alkyl halides is 6. The van der Waals surface area contributed by atoms with Crippen LogP contribution in [-0.4, -0.2) is 72.6 Å². The maximum absolute atomic E-state index is 13.7. The molecule has 0 aromatic heterocycles. The van der Waals surface area contributed by atoms with Crippen molar-refractivity contribution in [3.05, 3.63) is 0 Å². The molecule has 1 aliphatic heterocycles. The van der Waals surface area contributed by atoms with E-state index in [0.717, 1.165) is 4.90 Å². The average molecular weight is 555 g/mol. The molecule has 1 unspecified atom stereocenters. The minimum absolute atomic E-state index is 0.366. The van der Waals surface area contributed by atoms with Crippen molar-refractivity contribution in [3.63, 3.8) is 0 Å². The van der Waals surface area contributed by atoms with Gasteiger partial charge in [-0.3, -0.25) is 4.57 Å². The highest BCUT2D eigenvalue weighted by Gasteiger charge is 2.74. The summed E-state index contributed by atoms with van der Waals surface area (Å²) in [6.45, 7) is 10.6. The summed E-state index contributed by atoms with van der Waals surface area (Å²) in [5, 5.41) is 0. The molecule has 210 valence electrons. The number of hydrogen-bond donors (Lipinski definition) is 1. The molecule has 0 aliphatic carbocycles. The predicted molar refractivity (Wildman–Crippen MR) is 120 cm³/mol. The van der Waals surface area contributed by atoms with E-state index >= 15 is 0 Å². The van der Waals surface area contributed by atoms with Crippen LogP contribution in [0.1, 0.15) is 48.5 Å². The van der Waals surface area contributed by atoms with Gasteiger partial charge in [0.05, 0.1) is 18.8 Å². The summed E-state index contributed by atoms with van der Waals surface area (Å²) < 4.78 is 116. The third kappa shape index (κ3) is 7.25. The van der Waals surface area contributed by atoms with Gasteiger partial charge in [0.1, 0.15) is 5.78 Å². The molecule has 1 aliphatic rings. The first-order chi connectivity index (χ1) is 16.2. The first-order valence-electron chi connectivity index (χ1n) is 10.9. The smallest absolute Gasteiger partial charge is 0.444 e. The van der Waals surface area contributed by atoms with Crippen LogP contribution >= 0.6 is 7.60 Å². The van der Waals surface area contributed by atoms with Gasteiger partial charge in [0.25, 0.3) is 0 Å². The van der Waals surface area contributed by atoms with E-state index in [-0.39, 0.29) is 6.61 Å². The van der Waals surface area contributed by atoms with E-state index in [9.17, 15) is 30.9 Å². The molecule has 0 saturated carbocycles. The topological polar surface area (TPSA) is 120 Å². The van der Waals surface area contributed by atoms with Gasteiger partial charge in [0.15, 0.2) is 0 Å². The van der Waals surface area contributed by atoms with Crippen LogP contribution in [0.4, 0.5) is 26.3 Å². The van der Waals surface area contributed by atoms with Crippen molar-refractivity contribution < 1.29 is 49.4 Å². The Balaban J connectivity index is 3.63. The molecule has 0 aromatic carbocycles. The molecule has 17 heteroatoms. The van der Waals surface area contributed by atoms with Gasteiger partial charge in [-0.05, 0) is 40.5 Å². The minimum atomic E-state index is -6.02. The van der Waals surface area contributed by atoms with Crippen molar-refractivity contribution in [1.82, 2.24) is 4.90 Å². The number of guanidine groups is 1. The van der Waals surface area contributed by atoms with E-state index in [1.807, 2.05) is 0 Å². The van der Waals surface area contributed by atoms with E-state index in [1.165, 1.54) is 14.0 Å². The number of rotatable bonds is 8. The summed E-state index contributed by atoms with van der Waals surface area (Å²) in [4.78, 5) is 9.74. The van der Waals surface area contributed by atoms with Crippen molar-refractivity contribution >= 4 is 25.7 Å². The van der Waals surface area contributed by atoms with Crippen molar-refractivity contribution in [2.45, 2.75) is 84.5 Å². The fourth-order valence-electron chi connectivity index (χ4n) is 3.14. The molecule has 0 spiro atoms. The van der Waals surface area contributed by atoms with Gasteiger partial charge in [-0.1, -0.05) is 13.8 Å². The second kappa shape index (κ2) is 11.5. The molecule has 1 heterocycles. The first-order valence-corrected chi connectivity index (χ1v) is 12.5. The van der Waals surface area contributed by atoms with Crippen LogP contribution in [0.2, 0.25) is 0 Å². The zero-order valence-corrected chi connectivity index (χ0v) is 22.0. The number of nitrogens with zero attached hydrogens (tertiary/aromatic N) is 4. The number of ether oxygens (including phenoxy) is 2. The van der Waals surface area contributed by atoms with E-state index in [1.54, 1.807) is 41.5 Å². The van der Waals surface area contributed by atoms with Gasteiger partial charge < -0.3 is 29.2 Å². The first kappa shape index (κ1) is 32.0. The third-order valence-electron chi connectivity index (χ3n) is 4.35. The summed E-state index contributed by atoms with van der Waals surface area (Å²) in [5.74, 6) is -2.31. The third-order valence-corrected chi connectivity index (χ3v) is 7.37. The Bertz CT molecular complexity index is 876. The largest absolute Gasteiger partial charge is 0.451 e. The highest BCUT2D eigenvalue weighted by atomic mass is 31.2. The lowest BCUT2D eigenvalue weighted by atomic mass is 10.1. The molecule has 2 N–H and O–H groups in total. The Morgan fingerprint density at radius 2 is 1.53 bits per heavy atom. The molecule has 0 fully saturated rings. The zero-order valence-electron chi connectivity index (χ0n) is 21.1. The van der Waals surface area contributed by atoms with Gasteiger partial charge in [0.2, 0.25) is 5.96 Å². The van der Waals surface area contributed by atoms with Crippen molar-refractivity contribution in [1.29, 1.82) is 0 Å². The molecule has 1 atom stereocenters. The van der Waals surface area contributed by atoms with Gasteiger partial charge in [0, 0.05) is 7.05 Å². The van der Waals surface area contributed by atoms with Crippen LogP contribution in [0.25, 0.3) is 0 Å². The molecule has 0 aromatic rings. The maximum atomic E-state index is 13.7. The molecular weight excluding hydrogens is 523 g/mol. The lowest BCUT2D eigenvalue weighted by Crippen LogP contribution is -2.57. The van der Waals surface area contributed by atoms with Gasteiger partial charge in [-0.25, -0.2) is 0 Å². The standard InChI is InChI=1S/C19H32F6N5O5P/c1-9-32-16-29-17(18(20,21)22,19(23,24)25)28-15(33-16)27-14(26)30(8)13(10(2)3)36(31,34-11(4)5)35-12(6)7/h10-13H,9H2,1-8H3,(H2,26,27,28). The van der Waals surface area contributed by atoms with Crippen LogP contribution in [-0.2, 0) is 23.1 Å². The predicted octanol–water partition coefficient (Wildman–Crippen LogP) is 4.86. The number of aliphatic imine (C=N–C) groups is 3. The summed E-state index contributed by atoms with van der Waals surface area (Å²) >= 11 is 0. The fraction of sp³-hybridized carbons (Fsp3) is 0.842. The molecule has 0 bridgehead atoms. The zero-order chi connectivity index (χ0) is 28.3. The fourth-order valence-corrected chi connectivity index (χ4v) is 5.89. The molecule has 36 heavy (non-hydrogen) atoms. The number of nitrogens with two attached hydrogens (primary N) is 1. The highest BCUT2D eigenvalue weighted by Crippen LogP contribution is 2.58. The Kier molecular flexibility index (Phi) is 10.3. The van der Waals surface area contributed by atoms with Crippen molar-refractivity contribution in [2.75, 3.05) is 13.7 Å². The lowest BCUT2D eigenvalue weighted by molar-refractivity contribution is -0.294. The molecular formula is C19H32F6N5O5P. The van der Waals surface area contributed by atoms with E-state index in [4.69, 9.17) is 19.5 Å². The van der Waals surface area contributed by atoms with Crippen LogP contribution in [0.15, 0.2) is 15.0 Å². The maximum Gasteiger partial charge on any atom is 0.444 e. The Morgan fingerprint density at radius 1 is 1.06 bits per heavy atom. The summed E-state index contributed by atoms with van der Waals surface area (Å²) in [6, 6.07) is -1.42. The van der Waals surface area contributed by atoms with Gasteiger partial charge in [-0.15, -0.1) is 0 Å². The van der Waals surface area contributed by atoms with E-state index < -0.39 is 67.6 Å². The van der Waals surface area contributed by atoms with Gasteiger partial charge >= 0.3 is 37.7 Å². The van der Waals surface area contributed by atoms with Crippen LogP contribution in [0, 0.1) is 5.92 Å². The number of amidine groups is 1. The molecule has 10 nitrogen and oxygen atoms in total. The van der Waals surface area contributed by atoms with Crippen LogP contribution in [0.3, 0.4) is 0 Å². The monoisotopic (exact) mass is 555 g/mol. The second-order valence-electron chi connectivity index (χ2n) is 8.56. The average Bonchev–Trinajstić information content (AvgIpc) is 2.64. The SMILES string of the molecule is CCOC1=NC(C(F)(F)F)(C(F)(F)F)N=C(/N=C(\N)N(C)C(C(C)C)P(=O)(OC(C)C)OC(C)C)O1. The second-order valence-corrected chi connectivity index (χ2v) is 10.6. The summed E-state index contributed by atoms with van der Waals surface area (Å²) in [6.07, 6.45) is -14.5. The Labute approximate surface area is 205 Å². The van der Waals surface area contributed by atoms with Crippen molar-refractivity contribution in [2.24, 2.45) is 26.6 Å². The summed E-state index contributed by atoms with van der Waals surface area (Å²) in [7, 11) is -2.72. The summed E-state index contributed by atoms with van der Waals surface area (Å²) in [5.41, 5.74) is 0.975. The molecule has 0 radical (unpaired) electrons. The van der Waals surface area contributed by atoms with E-state index in [0.29, 0.717) is 0 Å².